The highest BCUT2D eigenvalue weighted by atomic mass is 15.0. The molecule has 3 aromatic heterocycles. The van der Waals surface area contributed by atoms with Crippen LogP contribution in [0.3, 0.4) is 0 Å². The molecule has 4 rings (SSSR count). The van der Waals surface area contributed by atoms with Gasteiger partial charge in [0, 0.05) is 18.0 Å². The minimum Gasteiger partial charge on any atom is -0.337 e. The van der Waals surface area contributed by atoms with Gasteiger partial charge in [0.05, 0.1) is 22.9 Å². The maximum Gasteiger partial charge on any atom is 0.174 e. The summed E-state index contributed by atoms with van der Waals surface area (Å²) in [5.74, 6) is 0.635. The van der Waals surface area contributed by atoms with Crippen LogP contribution in [0.5, 0.6) is 0 Å². The molecule has 0 aliphatic heterocycles. The number of H-pyrrole nitrogens is 1. The van der Waals surface area contributed by atoms with E-state index < -0.39 is 0 Å². The summed E-state index contributed by atoms with van der Waals surface area (Å²) >= 11 is 0. The van der Waals surface area contributed by atoms with Crippen molar-refractivity contribution in [3.63, 3.8) is 0 Å². The van der Waals surface area contributed by atoms with E-state index in [1.54, 1.807) is 18.6 Å². The molecular formula is C16H11N6. The molecule has 0 spiro atoms. The van der Waals surface area contributed by atoms with Crippen LogP contribution in [-0.4, -0.2) is 24.9 Å². The molecule has 0 unspecified atom stereocenters. The lowest BCUT2D eigenvalue weighted by molar-refractivity contribution is 1.14. The van der Waals surface area contributed by atoms with Crippen LogP contribution in [0.1, 0.15) is 0 Å². The Hall–Kier alpha value is -3.28. The number of fused-ring (bicyclic) bond motifs is 1. The van der Waals surface area contributed by atoms with Gasteiger partial charge in [0.2, 0.25) is 0 Å². The van der Waals surface area contributed by atoms with Gasteiger partial charge in [-0.1, -0.05) is 12.1 Å². The summed E-state index contributed by atoms with van der Waals surface area (Å²) in [6, 6.07) is 11.5. The zero-order chi connectivity index (χ0) is 14.9. The largest absolute Gasteiger partial charge is 0.337 e. The van der Waals surface area contributed by atoms with Gasteiger partial charge in [0.25, 0.3) is 0 Å². The monoisotopic (exact) mass is 287 g/mol. The predicted octanol–water partition coefficient (Wildman–Crippen LogP) is 3.00. The fourth-order valence-corrected chi connectivity index (χ4v) is 2.27. The van der Waals surface area contributed by atoms with Crippen molar-refractivity contribution < 1.29 is 0 Å². The molecule has 3 heterocycles. The summed E-state index contributed by atoms with van der Waals surface area (Å²) < 4.78 is 0. The number of aromatic nitrogens is 5. The molecular weight excluding hydrogens is 276 g/mol. The summed E-state index contributed by atoms with van der Waals surface area (Å²) in [5, 5.41) is 0. The van der Waals surface area contributed by atoms with Crippen LogP contribution in [0.15, 0.2) is 55.0 Å². The highest BCUT2D eigenvalue weighted by Gasteiger charge is 2.13. The molecule has 0 saturated carbocycles. The molecule has 4 aromatic rings. The number of nitrogens with zero attached hydrogens (tertiary/aromatic N) is 4. The van der Waals surface area contributed by atoms with E-state index >= 15 is 0 Å². The van der Waals surface area contributed by atoms with E-state index in [-0.39, 0.29) is 5.82 Å². The number of imidazole rings is 1. The Morgan fingerprint density at radius 3 is 2.68 bits per heavy atom. The molecule has 0 atom stereocenters. The smallest absolute Gasteiger partial charge is 0.174 e. The van der Waals surface area contributed by atoms with Crippen LogP contribution in [0.2, 0.25) is 0 Å². The molecule has 105 valence electrons. The Morgan fingerprint density at radius 2 is 1.86 bits per heavy atom. The van der Waals surface area contributed by atoms with E-state index in [9.17, 15) is 0 Å². The van der Waals surface area contributed by atoms with Crippen LogP contribution in [0, 0.1) is 0 Å². The Labute approximate surface area is 126 Å². The van der Waals surface area contributed by atoms with E-state index in [0.29, 0.717) is 17.2 Å². The summed E-state index contributed by atoms with van der Waals surface area (Å²) in [6.07, 6.45) is 5.00. The number of rotatable bonds is 2. The van der Waals surface area contributed by atoms with Gasteiger partial charge in [-0.15, -0.1) is 0 Å². The lowest BCUT2D eigenvalue weighted by Gasteiger charge is -2.04. The van der Waals surface area contributed by atoms with Gasteiger partial charge in [-0.05, 0) is 24.3 Å². The van der Waals surface area contributed by atoms with Crippen molar-refractivity contribution in [3.05, 3.63) is 55.0 Å². The average Bonchev–Trinajstić information content (AvgIpc) is 3.00. The summed E-state index contributed by atoms with van der Waals surface area (Å²) in [7, 11) is 0. The number of nitrogens with one attached hydrogen (secondary N) is 2. The van der Waals surface area contributed by atoms with E-state index in [1.807, 2.05) is 36.4 Å². The van der Waals surface area contributed by atoms with Gasteiger partial charge in [0.15, 0.2) is 17.3 Å². The van der Waals surface area contributed by atoms with Gasteiger partial charge >= 0.3 is 0 Å². The third-order valence-corrected chi connectivity index (χ3v) is 3.34. The van der Waals surface area contributed by atoms with Crippen molar-refractivity contribution in [2.75, 3.05) is 0 Å². The second-order valence-electron chi connectivity index (χ2n) is 4.80. The molecule has 0 aliphatic rings. The second kappa shape index (κ2) is 4.92. The molecule has 1 aromatic carbocycles. The quantitative estimate of drug-likeness (QED) is 0.613. The Balaban J connectivity index is 1.87. The lowest BCUT2D eigenvalue weighted by Crippen LogP contribution is -1.95. The van der Waals surface area contributed by atoms with Crippen LogP contribution in [-0.2, 0) is 0 Å². The standard InChI is InChI=1S/C16H11N6/c17-15-14(16-21-11-5-1-2-6-12(11)22-16)20-13(9-19-15)10-4-3-7-18-8-10/h1-9,17H,(H,21,22). The summed E-state index contributed by atoms with van der Waals surface area (Å²) in [5.41, 5.74) is 11.7. The van der Waals surface area contributed by atoms with Gasteiger partial charge in [-0.25, -0.2) is 15.0 Å². The van der Waals surface area contributed by atoms with Crippen molar-refractivity contribution in [1.29, 1.82) is 0 Å². The average molecular weight is 287 g/mol. The van der Waals surface area contributed by atoms with Crippen molar-refractivity contribution in [1.82, 2.24) is 30.7 Å². The Bertz CT molecular complexity index is 912. The minimum absolute atomic E-state index is 0.0895. The fraction of sp³-hybridized carbons (Fsp3) is 0. The van der Waals surface area contributed by atoms with Crippen LogP contribution < -0.4 is 5.73 Å². The zero-order valence-corrected chi connectivity index (χ0v) is 11.5. The number of para-hydroxylation sites is 2. The zero-order valence-electron chi connectivity index (χ0n) is 11.5. The lowest BCUT2D eigenvalue weighted by atomic mass is 10.2. The number of aromatic amines is 1. The predicted molar refractivity (Wildman–Crippen MR) is 83.1 cm³/mol. The van der Waals surface area contributed by atoms with Crippen molar-refractivity contribution >= 4 is 16.9 Å². The third kappa shape index (κ3) is 2.07. The van der Waals surface area contributed by atoms with Gasteiger partial charge in [-0.3, -0.25) is 10.7 Å². The number of hydrogen-bond donors (Lipinski definition) is 1. The molecule has 6 heteroatoms. The molecule has 0 amide bonds. The van der Waals surface area contributed by atoms with Crippen LogP contribution in [0.4, 0.5) is 5.82 Å². The number of hydrogen-bond acceptors (Lipinski definition) is 4. The van der Waals surface area contributed by atoms with Crippen molar-refractivity contribution in [2.24, 2.45) is 0 Å². The maximum absolute atomic E-state index is 7.99. The van der Waals surface area contributed by atoms with Gasteiger partial charge in [0.1, 0.15) is 0 Å². The summed E-state index contributed by atoms with van der Waals surface area (Å²) in [4.78, 5) is 20.4. The molecule has 0 saturated heterocycles. The molecule has 0 fully saturated rings. The van der Waals surface area contributed by atoms with Crippen molar-refractivity contribution in [3.8, 4) is 22.8 Å². The van der Waals surface area contributed by atoms with Crippen LogP contribution in [0.25, 0.3) is 33.8 Å². The van der Waals surface area contributed by atoms with Gasteiger partial charge < -0.3 is 4.98 Å². The normalized spacial score (nSPS) is 10.9. The SMILES string of the molecule is [NH]c1ncc(-c2cccnc2)nc1-c1nc2ccccc2[nH]1. The minimum atomic E-state index is 0.0895. The van der Waals surface area contributed by atoms with E-state index in [4.69, 9.17) is 5.73 Å². The van der Waals surface area contributed by atoms with E-state index in [2.05, 4.69) is 24.9 Å². The Kier molecular flexibility index (Phi) is 2.79. The maximum atomic E-state index is 7.99. The molecule has 1 radical (unpaired) electrons. The summed E-state index contributed by atoms with van der Waals surface area (Å²) in [6.45, 7) is 0. The molecule has 6 nitrogen and oxygen atoms in total. The topological polar surface area (TPSA) is 91.2 Å². The highest BCUT2D eigenvalue weighted by Crippen LogP contribution is 2.26. The van der Waals surface area contributed by atoms with Gasteiger partial charge in [-0.2, -0.15) is 0 Å². The molecule has 22 heavy (non-hydrogen) atoms. The first kappa shape index (κ1) is 12.5. The van der Waals surface area contributed by atoms with Crippen molar-refractivity contribution in [2.45, 2.75) is 0 Å². The van der Waals surface area contributed by atoms with E-state index in [0.717, 1.165) is 16.6 Å². The number of benzene rings is 1. The Morgan fingerprint density at radius 1 is 0.955 bits per heavy atom. The molecule has 0 bridgehead atoms. The first-order chi connectivity index (χ1) is 10.8. The third-order valence-electron chi connectivity index (χ3n) is 3.34. The first-order valence-electron chi connectivity index (χ1n) is 6.75. The fourth-order valence-electron chi connectivity index (χ4n) is 2.27. The highest BCUT2D eigenvalue weighted by molar-refractivity contribution is 5.80. The second-order valence-corrected chi connectivity index (χ2v) is 4.80. The van der Waals surface area contributed by atoms with Crippen LogP contribution >= 0.6 is 0 Å². The number of pyridine rings is 1. The molecule has 2 N–H and O–H groups in total. The van der Waals surface area contributed by atoms with E-state index in [1.165, 1.54) is 0 Å². The first-order valence-corrected chi connectivity index (χ1v) is 6.75. The molecule has 0 aliphatic carbocycles.